The molecule has 18 rings (SSSR count). The molecule has 18 aromatic rings. The van der Waals surface area contributed by atoms with Gasteiger partial charge in [0.25, 0.3) is 10.0 Å². The van der Waals surface area contributed by atoms with Crippen LogP contribution in [0.4, 0.5) is 11.6 Å². The molecule has 1 N–H and O–H groups in total. The molecule has 0 bridgehead atoms. The molecule has 0 aliphatic heterocycles. The molecule has 36 heteroatoms. The second kappa shape index (κ2) is 47.3. The van der Waals surface area contributed by atoms with Gasteiger partial charge in [0.15, 0.2) is 29.1 Å². The van der Waals surface area contributed by atoms with Crippen molar-refractivity contribution in [1.29, 1.82) is 0 Å². The molecule has 137 heavy (non-hydrogen) atoms. The van der Waals surface area contributed by atoms with E-state index in [-0.39, 0.29) is 32.1 Å². The van der Waals surface area contributed by atoms with Crippen LogP contribution in [0.1, 0.15) is 102 Å². The van der Waals surface area contributed by atoms with Gasteiger partial charge in [-0.25, -0.2) is 57.1 Å². The number of unbranched alkanes of at least 4 members (excludes halogenated alkanes) is 3. The summed E-state index contributed by atoms with van der Waals surface area (Å²) in [5, 5.41) is 20.2. The van der Waals surface area contributed by atoms with Gasteiger partial charge in [-0.1, -0.05) is 78.9 Å². The van der Waals surface area contributed by atoms with Crippen LogP contribution in [0.25, 0.3) is 78.7 Å². The first-order valence-corrected chi connectivity index (χ1v) is 57.0. The maximum Gasteiger partial charge on any atom is 0.340 e. The van der Waals surface area contributed by atoms with Crippen molar-refractivity contribution in [3.63, 3.8) is 0 Å². The zero-order chi connectivity index (χ0) is 96.4. The van der Waals surface area contributed by atoms with E-state index in [1.165, 1.54) is 42.8 Å². The Hall–Kier alpha value is -13.5. The van der Waals surface area contributed by atoms with E-state index >= 15 is 8.42 Å². The zero-order valence-electron chi connectivity index (χ0n) is 76.7. The predicted molar refractivity (Wildman–Crippen MR) is 545 cm³/mol. The number of nitrogens with zero attached hydrogens (tertiary/aromatic N) is 21. The fourth-order valence-corrected chi connectivity index (χ4v) is 38.2. The fraction of sp³-hybridized carbons (Fsp3) is 0.208. The van der Waals surface area contributed by atoms with Crippen molar-refractivity contribution in [3.05, 3.63) is 352 Å². The van der Waals surface area contributed by atoms with Crippen LogP contribution < -0.4 is 13.5 Å². The number of pyridine rings is 6. The van der Waals surface area contributed by atoms with E-state index < -0.39 is 50.4 Å². The standard InChI is InChI=1S/C37H31N7O4S.C29H24N3O4S.2C8H7BrN4.C7H5BrN4.3C4H9.Sn/c1-42-25-40-35(41-42)28-18-19-38-32(20-28)33-21-30-31(37(45)48-2)22-39-36(34(30)44(33)49(46,47)29-16-10-5-11-17-29)43(23-26-12-6-3-7-13-26)24-27-14-8-4-9-15-27;1-36-29(33)26-19-30-28(27-25(26)17-18-32(27)37(34,35)24-15-9-4-10-16-24)31(20-22-11-5-2-6-12-22)21-23-13-7-3-8-14-23;2*1-13-5-11-8(12-13)6-2-3-10-7(9)4-6;8-6-3-5(1-2-9-6)7-10-4-11-12-7;3*1-3-4-2;/h3-22,25H,23-24H2,1-2H3;2-17,19H,20-21H2,1H3;2*2-5H,1H3;1-4H,(H,10,11,12);3*1,3-4H2,2H3;. The summed E-state index contributed by atoms with van der Waals surface area (Å²) in [5.74, 6) is 2.35. The summed E-state index contributed by atoms with van der Waals surface area (Å²) in [7, 11) is -0.322. The molecule has 0 fully saturated rings. The number of benzene rings is 6. The molecule has 30 nitrogen and oxygen atoms in total. The Kier molecular flexibility index (Phi) is 34.4. The van der Waals surface area contributed by atoms with Gasteiger partial charge in [-0.2, -0.15) is 20.4 Å². The number of carbonyl (C=O) groups excluding carboxylic acids is 2. The quantitative estimate of drug-likeness (QED) is 0.0239. The maximum atomic E-state index is 15.3. The molecule has 0 spiro atoms. The molecule has 0 atom stereocenters. The van der Waals surface area contributed by atoms with Crippen LogP contribution in [0.5, 0.6) is 0 Å². The molecule has 0 amide bonds. The van der Waals surface area contributed by atoms with Crippen LogP contribution in [0.15, 0.2) is 329 Å². The number of fused-ring (bicyclic) bond motifs is 2. The number of hydrogen-bond donors (Lipinski definition) is 1. The Bertz CT molecular complexity index is 7110. The Balaban J connectivity index is 0.000000158. The minimum Gasteiger partial charge on any atom is -0.465 e. The van der Waals surface area contributed by atoms with Crippen molar-refractivity contribution in [2.75, 3.05) is 24.0 Å². The van der Waals surface area contributed by atoms with Gasteiger partial charge in [-0.3, -0.25) is 24.1 Å². The topological polar surface area (TPSA) is 348 Å². The number of esters is 2. The third-order valence-electron chi connectivity index (χ3n) is 22.4. The number of carbonyl (C=O) groups is 2. The van der Waals surface area contributed by atoms with Crippen molar-refractivity contribution in [1.82, 2.24) is 97.3 Å². The first-order valence-electron chi connectivity index (χ1n) is 44.3. The minimum absolute atomic E-state index is 0.0587. The monoisotopic (exact) mass is 2170 g/mol. The van der Waals surface area contributed by atoms with E-state index in [1.807, 2.05) is 159 Å². The summed E-state index contributed by atoms with van der Waals surface area (Å²) < 4.78 is 85.0. The second-order valence-corrected chi connectivity index (χ2v) is 51.1. The average Bonchev–Trinajstić information content (AvgIpc) is 1.56. The number of rotatable bonds is 31. The van der Waals surface area contributed by atoms with Crippen LogP contribution >= 0.6 is 47.8 Å². The Morgan fingerprint density at radius 3 is 1.09 bits per heavy atom. The van der Waals surface area contributed by atoms with Crippen LogP contribution in [-0.2, 0) is 76.8 Å². The predicted octanol–water partition coefficient (Wildman–Crippen LogP) is 20.4. The van der Waals surface area contributed by atoms with Crippen molar-refractivity contribution >= 4 is 135 Å². The smallest absolute Gasteiger partial charge is 0.340 e. The number of methoxy groups -OCH3 is 2. The molecular weight excluding hydrogens is 2070 g/mol. The molecular formula is C101H101Br3N22O8S2Sn. The molecule has 0 radical (unpaired) electrons. The van der Waals surface area contributed by atoms with Crippen LogP contribution in [0.3, 0.4) is 0 Å². The Morgan fingerprint density at radius 2 is 0.745 bits per heavy atom. The van der Waals surface area contributed by atoms with E-state index in [0.717, 1.165) is 114 Å². The van der Waals surface area contributed by atoms with Gasteiger partial charge in [0.1, 0.15) is 44.6 Å². The van der Waals surface area contributed by atoms with Gasteiger partial charge in [0.05, 0.1) is 29.0 Å². The third-order valence-corrected chi connectivity index (χ3v) is 43.0. The van der Waals surface area contributed by atoms with Gasteiger partial charge < -0.3 is 9.64 Å². The van der Waals surface area contributed by atoms with Crippen molar-refractivity contribution in [3.8, 4) is 56.9 Å². The van der Waals surface area contributed by atoms with Gasteiger partial charge in [-0.05, 0) is 126 Å². The Morgan fingerprint density at radius 1 is 0.401 bits per heavy atom. The number of halogens is 3. The molecule has 0 aliphatic carbocycles. The van der Waals surface area contributed by atoms with Gasteiger partial charge in [-0.15, -0.1) is 0 Å². The fourth-order valence-electron chi connectivity index (χ4n) is 15.8. The molecule has 12 heterocycles. The minimum atomic E-state index is -4.30. The molecule has 0 saturated heterocycles. The number of aryl methyl sites for hydroxylation is 3. The zero-order valence-corrected chi connectivity index (χ0v) is 85.9. The number of nitrogens with one attached hydrogen (secondary N) is 1. The first kappa shape index (κ1) is 99.5. The molecule has 6 aromatic carbocycles. The third kappa shape index (κ3) is 24.9. The summed E-state index contributed by atoms with van der Waals surface area (Å²) in [6.07, 6.45) is 22.5. The van der Waals surface area contributed by atoms with E-state index in [0.29, 0.717) is 82.8 Å². The Labute approximate surface area is 824 Å². The number of aromatic amines is 1. The van der Waals surface area contributed by atoms with E-state index in [1.54, 1.807) is 136 Å². The first-order chi connectivity index (χ1) is 66.5. The van der Waals surface area contributed by atoms with Gasteiger partial charge >= 0.3 is 310 Å². The number of hydrogen-bond acceptors (Lipinski definition) is 24. The second-order valence-electron chi connectivity index (χ2n) is 32.1. The van der Waals surface area contributed by atoms with Crippen molar-refractivity contribution in [2.45, 2.75) is 109 Å². The molecule has 0 saturated carbocycles. The summed E-state index contributed by atoms with van der Waals surface area (Å²) in [6.45, 7) is 8.45. The average molecular weight is 2170 g/mol. The van der Waals surface area contributed by atoms with E-state index in [2.05, 4.69) is 169 Å². The molecule has 12 aromatic heterocycles. The van der Waals surface area contributed by atoms with Crippen LogP contribution in [0, 0.1) is 0 Å². The number of ether oxygens (including phenoxy) is 2. The van der Waals surface area contributed by atoms with Crippen LogP contribution in [-0.4, -0.2) is 159 Å². The number of aromatic nitrogens is 20. The maximum absolute atomic E-state index is 15.3. The van der Waals surface area contributed by atoms with Gasteiger partial charge in [0.2, 0.25) is 0 Å². The van der Waals surface area contributed by atoms with Crippen molar-refractivity contribution in [2.24, 2.45) is 21.1 Å². The molecule has 700 valence electrons. The van der Waals surface area contributed by atoms with Crippen molar-refractivity contribution < 1.29 is 35.9 Å². The normalized spacial score (nSPS) is 11.3. The molecule has 0 unspecified atom stereocenters. The summed E-state index contributed by atoms with van der Waals surface area (Å²) in [5.41, 5.74) is 9.31. The summed E-state index contributed by atoms with van der Waals surface area (Å²) >= 11 is 6.31. The van der Waals surface area contributed by atoms with E-state index in [9.17, 15) is 18.0 Å². The van der Waals surface area contributed by atoms with Crippen LogP contribution in [0.2, 0.25) is 13.3 Å². The number of H-pyrrole nitrogens is 1. The SMILES string of the molecule is Brc1cc(-c2ncn[nH]2)ccn1.CCC[CH2][Sn]([CH2]CCC)([CH2]CCC)[c]1cc2c(C(=O)OC)cnc(N(Cc3ccccc3)Cc3ccccc3)c2n1S(=O)(=O)c1ccccc1.COC(=O)c1cnc(N(Cc2ccccc2)Cc2ccccc2)c2c1cc(-c1cc(-c3ncn(C)n3)ccn1)n2S(=O)(=O)c1ccccc1.Cn1cnc(-c2ccnc(Br)c2)n1.Cn1cnc(-c2ccnc(Br)c2)n1. The van der Waals surface area contributed by atoms with Gasteiger partial charge in [0, 0.05) is 92.9 Å². The molecule has 0 aliphatic rings. The summed E-state index contributed by atoms with van der Waals surface area (Å²) in [6, 6.07) is 75.4. The van der Waals surface area contributed by atoms with E-state index in [4.69, 9.17) is 19.4 Å². The largest absolute Gasteiger partial charge is 0.465 e. The summed E-state index contributed by atoms with van der Waals surface area (Å²) in [4.78, 5) is 74.3. The number of anilines is 2.